The molecule has 1 N–H and O–H groups in total. The number of hydrogen-bond donors (Lipinski definition) is 1. The molecular weight excluding hydrogens is 455 g/mol. The average molecular weight is 497 g/mol. The number of anilines is 1. The molecule has 2 aromatic carbocycles. The summed E-state index contributed by atoms with van der Waals surface area (Å²) in [5.74, 6) is -0.145. The van der Waals surface area contributed by atoms with E-state index in [4.69, 9.17) is 0 Å². The van der Waals surface area contributed by atoms with Crippen LogP contribution >= 0.6 is 0 Å². The highest BCUT2D eigenvalue weighted by Crippen LogP contribution is 2.28. The van der Waals surface area contributed by atoms with Crippen LogP contribution in [0, 0.1) is 11.7 Å². The minimum absolute atomic E-state index is 0.00117. The van der Waals surface area contributed by atoms with Gasteiger partial charge >= 0.3 is 0 Å². The van der Waals surface area contributed by atoms with Crippen molar-refractivity contribution in [2.24, 2.45) is 5.92 Å². The first-order valence-corrected chi connectivity index (χ1v) is 13.3. The van der Waals surface area contributed by atoms with E-state index in [-0.39, 0.29) is 29.6 Å². The van der Waals surface area contributed by atoms with Crippen molar-refractivity contribution in [2.45, 2.75) is 53.1 Å². The Morgan fingerprint density at radius 1 is 0.944 bits per heavy atom. The molecular formula is C29H41FN4O2. The van der Waals surface area contributed by atoms with Crippen molar-refractivity contribution >= 4 is 17.5 Å². The molecule has 7 heteroatoms. The fourth-order valence-corrected chi connectivity index (χ4v) is 4.98. The van der Waals surface area contributed by atoms with E-state index < -0.39 is 0 Å². The lowest BCUT2D eigenvalue weighted by molar-refractivity contribution is -0.137. The first kappa shape index (κ1) is 27.7. The molecule has 2 amide bonds. The first-order valence-electron chi connectivity index (χ1n) is 13.3. The van der Waals surface area contributed by atoms with Crippen LogP contribution in [0.1, 0.15) is 57.7 Å². The summed E-state index contributed by atoms with van der Waals surface area (Å²) >= 11 is 0. The Bertz CT molecular complexity index is 984. The third-order valence-electron chi connectivity index (χ3n) is 7.28. The number of nitrogens with zero attached hydrogens (tertiary/aromatic N) is 3. The summed E-state index contributed by atoms with van der Waals surface area (Å²) in [6.07, 6.45) is 1.60. The summed E-state index contributed by atoms with van der Waals surface area (Å²) in [6, 6.07) is 14.8. The summed E-state index contributed by atoms with van der Waals surface area (Å²) in [5, 5.41) is 2.93. The SMILES string of the molecule is CCC(CC)C(=O)NCc1ccc(N2CCN(C(C(=O)N(CC)CC)c3ccccc3)CC2)c(F)c1. The predicted octanol–water partition coefficient (Wildman–Crippen LogP) is 4.61. The maximum absolute atomic E-state index is 15.1. The van der Waals surface area contributed by atoms with Gasteiger partial charge in [0, 0.05) is 51.7 Å². The number of carbonyl (C=O) groups excluding carboxylic acids is 2. The Morgan fingerprint density at radius 2 is 1.58 bits per heavy atom. The first-order chi connectivity index (χ1) is 17.4. The molecule has 1 fully saturated rings. The Kier molecular flexibility index (Phi) is 10.3. The van der Waals surface area contributed by atoms with Crippen LogP contribution in [0.5, 0.6) is 0 Å². The lowest BCUT2D eigenvalue weighted by atomic mass is 10.0. The number of piperazine rings is 1. The van der Waals surface area contributed by atoms with E-state index in [1.54, 1.807) is 6.07 Å². The number of amides is 2. The van der Waals surface area contributed by atoms with Crippen LogP contribution in [0.3, 0.4) is 0 Å². The number of halogens is 1. The van der Waals surface area contributed by atoms with Gasteiger partial charge in [-0.05, 0) is 49.9 Å². The summed E-state index contributed by atoms with van der Waals surface area (Å²) in [6.45, 7) is 12.3. The molecule has 3 rings (SSSR count). The Morgan fingerprint density at radius 3 is 2.14 bits per heavy atom. The maximum Gasteiger partial charge on any atom is 0.244 e. The lowest BCUT2D eigenvalue weighted by Crippen LogP contribution is -2.52. The van der Waals surface area contributed by atoms with E-state index in [1.807, 2.05) is 73.9 Å². The zero-order chi connectivity index (χ0) is 26.1. The highest BCUT2D eigenvalue weighted by molar-refractivity contribution is 5.83. The zero-order valence-corrected chi connectivity index (χ0v) is 22.2. The monoisotopic (exact) mass is 496 g/mol. The van der Waals surface area contributed by atoms with Crippen molar-refractivity contribution in [3.8, 4) is 0 Å². The third-order valence-corrected chi connectivity index (χ3v) is 7.28. The fraction of sp³-hybridized carbons (Fsp3) is 0.517. The number of hydrogen-bond acceptors (Lipinski definition) is 4. The number of nitrogens with one attached hydrogen (secondary N) is 1. The van der Waals surface area contributed by atoms with Gasteiger partial charge in [-0.15, -0.1) is 0 Å². The van der Waals surface area contributed by atoms with Crippen LogP contribution in [-0.2, 0) is 16.1 Å². The molecule has 0 bridgehead atoms. The molecule has 1 heterocycles. The molecule has 0 aromatic heterocycles. The maximum atomic E-state index is 15.1. The molecule has 196 valence electrons. The van der Waals surface area contributed by atoms with Gasteiger partial charge in [0.15, 0.2) is 0 Å². The van der Waals surface area contributed by atoms with Crippen LogP contribution in [0.4, 0.5) is 10.1 Å². The van der Waals surface area contributed by atoms with Crippen LogP contribution in [0.2, 0.25) is 0 Å². The second-order valence-electron chi connectivity index (χ2n) is 9.36. The molecule has 1 unspecified atom stereocenters. The van der Waals surface area contributed by atoms with Gasteiger partial charge in [0.25, 0.3) is 0 Å². The molecule has 1 atom stereocenters. The van der Waals surface area contributed by atoms with Gasteiger partial charge in [-0.1, -0.05) is 50.2 Å². The van der Waals surface area contributed by atoms with Crippen molar-refractivity contribution < 1.29 is 14.0 Å². The van der Waals surface area contributed by atoms with Gasteiger partial charge in [-0.3, -0.25) is 14.5 Å². The Balaban J connectivity index is 1.66. The molecule has 2 aromatic rings. The summed E-state index contributed by atoms with van der Waals surface area (Å²) in [7, 11) is 0. The minimum atomic E-state index is -0.334. The number of rotatable bonds is 11. The molecule has 36 heavy (non-hydrogen) atoms. The second-order valence-corrected chi connectivity index (χ2v) is 9.36. The van der Waals surface area contributed by atoms with Gasteiger partial charge in [-0.2, -0.15) is 0 Å². The van der Waals surface area contributed by atoms with Crippen LogP contribution < -0.4 is 10.2 Å². The van der Waals surface area contributed by atoms with Gasteiger partial charge in [0.2, 0.25) is 11.8 Å². The Labute approximate surface area is 215 Å². The molecule has 0 radical (unpaired) electrons. The van der Waals surface area contributed by atoms with Crippen LogP contribution in [0.25, 0.3) is 0 Å². The molecule has 6 nitrogen and oxygen atoms in total. The van der Waals surface area contributed by atoms with Crippen molar-refractivity contribution in [1.29, 1.82) is 0 Å². The quantitative estimate of drug-likeness (QED) is 0.494. The van der Waals surface area contributed by atoms with Gasteiger partial charge in [0.05, 0.1) is 5.69 Å². The van der Waals surface area contributed by atoms with Crippen molar-refractivity contribution in [2.75, 3.05) is 44.2 Å². The largest absolute Gasteiger partial charge is 0.367 e. The van der Waals surface area contributed by atoms with Crippen LogP contribution in [-0.4, -0.2) is 60.9 Å². The topological polar surface area (TPSA) is 55.9 Å². The minimum Gasteiger partial charge on any atom is -0.367 e. The molecule has 1 aliphatic rings. The number of carbonyl (C=O) groups is 2. The van der Waals surface area contributed by atoms with E-state index in [1.165, 1.54) is 6.07 Å². The Hall–Kier alpha value is -2.93. The van der Waals surface area contributed by atoms with Gasteiger partial charge in [0.1, 0.15) is 11.9 Å². The summed E-state index contributed by atoms with van der Waals surface area (Å²) < 4.78 is 15.1. The van der Waals surface area contributed by atoms with Gasteiger partial charge < -0.3 is 15.1 Å². The standard InChI is InChI=1S/C29H41FN4O2/c1-5-23(6-2)28(35)31-21-22-14-15-26(25(30)20-22)33-16-18-34(19-17-33)27(24-12-10-9-11-13-24)29(36)32(7-3)8-4/h9-15,20,23,27H,5-8,16-19,21H2,1-4H3,(H,31,35). The van der Waals surface area contributed by atoms with Crippen molar-refractivity contribution in [1.82, 2.24) is 15.1 Å². The summed E-state index contributed by atoms with van der Waals surface area (Å²) in [5.41, 5.74) is 2.31. The highest BCUT2D eigenvalue weighted by Gasteiger charge is 2.33. The van der Waals surface area contributed by atoms with Crippen LogP contribution in [0.15, 0.2) is 48.5 Å². The van der Waals surface area contributed by atoms with E-state index in [2.05, 4.69) is 10.2 Å². The molecule has 0 aliphatic carbocycles. The molecule has 0 saturated carbocycles. The number of benzene rings is 2. The fourth-order valence-electron chi connectivity index (χ4n) is 4.98. The van der Waals surface area contributed by atoms with E-state index in [9.17, 15) is 9.59 Å². The van der Waals surface area contributed by atoms with E-state index in [0.29, 0.717) is 51.5 Å². The molecule has 1 saturated heterocycles. The predicted molar refractivity (Wildman–Crippen MR) is 143 cm³/mol. The summed E-state index contributed by atoms with van der Waals surface area (Å²) in [4.78, 5) is 31.8. The normalized spacial score (nSPS) is 15.1. The molecule has 1 aliphatic heterocycles. The van der Waals surface area contributed by atoms with Crippen molar-refractivity contribution in [3.63, 3.8) is 0 Å². The van der Waals surface area contributed by atoms with Crippen molar-refractivity contribution in [3.05, 3.63) is 65.5 Å². The second kappa shape index (κ2) is 13.4. The number of likely N-dealkylation sites (N-methyl/N-ethyl adjacent to an activating group) is 1. The molecule has 0 spiro atoms. The third kappa shape index (κ3) is 6.64. The lowest BCUT2D eigenvalue weighted by Gasteiger charge is -2.41. The van der Waals surface area contributed by atoms with E-state index in [0.717, 1.165) is 24.0 Å². The van der Waals surface area contributed by atoms with E-state index >= 15 is 4.39 Å². The average Bonchev–Trinajstić information content (AvgIpc) is 2.90. The zero-order valence-electron chi connectivity index (χ0n) is 22.2. The smallest absolute Gasteiger partial charge is 0.244 e. The highest BCUT2D eigenvalue weighted by atomic mass is 19.1. The van der Waals surface area contributed by atoms with Gasteiger partial charge in [-0.25, -0.2) is 4.39 Å².